The maximum atomic E-state index is 13.5. The van der Waals surface area contributed by atoms with Crippen LogP contribution in [0.1, 0.15) is 52.0 Å². The molecule has 2 unspecified atom stereocenters. The van der Waals surface area contributed by atoms with Gasteiger partial charge in [0.15, 0.2) is 0 Å². The molecule has 2 atom stereocenters. The van der Waals surface area contributed by atoms with Crippen molar-refractivity contribution in [2.24, 2.45) is 17.6 Å². The van der Waals surface area contributed by atoms with Crippen LogP contribution in [-0.2, 0) is 12.0 Å². The largest absolute Gasteiger partial charge is 0.330 e. The van der Waals surface area contributed by atoms with E-state index in [0.717, 1.165) is 36.3 Å². The zero-order valence-corrected chi connectivity index (χ0v) is 18.4. The van der Waals surface area contributed by atoms with Gasteiger partial charge >= 0.3 is 0 Å². The molecule has 1 aliphatic carbocycles. The smallest absolute Gasteiger partial charge is 0.261 e. The van der Waals surface area contributed by atoms with Crippen molar-refractivity contribution in [3.05, 3.63) is 64.4 Å². The molecule has 1 saturated carbocycles. The van der Waals surface area contributed by atoms with Gasteiger partial charge in [0, 0.05) is 12.1 Å². The van der Waals surface area contributed by atoms with Gasteiger partial charge in [-0.05, 0) is 60.8 Å². The zero-order chi connectivity index (χ0) is 21.3. The minimum atomic E-state index is 0.0605. The van der Waals surface area contributed by atoms with Gasteiger partial charge in [0.05, 0.1) is 10.9 Å². The first-order valence-electron chi connectivity index (χ1n) is 11.2. The first-order chi connectivity index (χ1) is 14.4. The van der Waals surface area contributed by atoms with Crippen molar-refractivity contribution in [3.63, 3.8) is 0 Å². The molecule has 0 spiro atoms. The number of rotatable bonds is 4. The summed E-state index contributed by atoms with van der Waals surface area (Å²) in [5.74, 6) is 1.82. The van der Waals surface area contributed by atoms with Crippen LogP contribution in [0.25, 0.3) is 22.3 Å². The van der Waals surface area contributed by atoms with E-state index in [1.54, 1.807) is 0 Å². The van der Waals surface area contributed by atoms with Crippen LogP contribution in [-0.4, -0.2) is 16.1 Å². The predicted octanol–water partition coefficient (Wildman–Crippen LogP) is 5.13. The van der Waals surface area contributed by atoms with Gasteiger partial charge in [0.25, 0.3) is 5.56 Å². The van der Waals surface area contributed by atoms with Crippen LogP contribution in [0, 0.1) is 11.8 Å². The van der Waals surface area contributed by atoms with Crippen LogP contribution in [0.4, 0.5) is 0 Å². The van der Waals surface area contributed by atoms with E-state index < -0.39 is 0 Å². The zero-order valence-electron chi connectivity index (χ0n) is 18.4. The molecule has 4 nitrogen and oxygen atoms in total. The van der Waals surface area contributed by atoms with E-state index >= 15 is 0 Å². The van der Waals surface area contributed by atoms with Crippen molar-refractivity contribution in [2.45, 2.75) is 58.4 Å². The molecule has 4 heteroatoms. The van der Waals surface area contributed by atoms with E-state index in [4.69, 9.17) is 10.7 Å². The topological polar surface area (TPSA) is 60.9 Å². The summed E-state index contributed by atoms with van der Waals surface area (Å²) in [5.41, 5.74) is 9.14. The lowest BCUT2D eigenvalue weighted by molar-refractivity contribution is 0.246. The highest BCUT2D eigenvalue weighted by molar-refractivity contribution is 5.79. The summed E-state index contributed by atoms with van der Waals surface area (Å²) in [4.78, 5) is 18.4. The van der Waals surface area contributed by atoms with E-state index in [9.17, 15) is 4.79 Å². The van der Waals surface area contributed by atoms with E-state index in [1.165, 1.54) is 18.4 Å². The van der Waals surface area contributed by atoms with Crippen molar-refractivity contribution < 1.29 is 0 Å². The Bertz CT molecular complexity index is 1080. The number of para-hydroxylation sites is 1. The Morgan fingerprint density at radius 3 is 2.43 bits per heavy atom. The van der Waals surface area contributed by atoms with Crippen LogP contribution in [0.3, 0.4) is 0 Å². The van der Waals surface area contributed by atoms with Gasteiger partial charge < -0.3 is 5.73 Å². The second-order valence-corrected chi connectivity index (χ2v) is 9.83. The highest BCUT2D eigenvalue weighted by Crippen LogP contribution is 2.31. The summed E-state index contributed by atoms with van der Waals surface area (Å²) in [7, 11) is 0. The molecule has 0 aliphatic heterocycles. The third-order valence-electron chi connectivity index (χ3n) is 6.54. The van der Waals surface area contributed by atoms with Crippen molar-refractivity contribution in [1.29, 1.82) is 0 Å². The molecule has 2 N–H and O–H groups in total. The SMILES string of the molecule is CC(C)(C)c1ccc(-c2nc3ccccc3c(=O)n2CC2CCCC(CN)C2)cc1. The summed E-state index contributed by atoms with van der Waals surface area (Å²) in [6.45, 7) is 8.08. The third-order valence-corrected chi connectivity index (χ3v) is 6.54. The quantitative estimate of drug-likeness (QED) is 0.657. The normalized spacial score (nSPS) is 19.9. The van der Waals surface area contributed by atoms with Crippen LogP contribution in [0.15, 0.2) is 53.3 Å². The molecule has 3 aromatic rings. The highest BCUT2D eigenvalue weighted by Gasteiger charge is 2.24. The number of nitrogens with zero attached hydrogens (tertiary/aromatic N) is 2. The molecule has 1 aromatic heterocycles. The Morgan fingerprint density at radius 1 is 1.03 bits per heavy atom. The van der Waals surface area contributed by atoms with Crippen molar-refractivity contribution in [1.82, 2.24) is 9.55 Å². The number of nitrogens with two attached hydrogens (primary N) is 1. The van der Waals surface area contributed by atoms with Gasteiger partial charge in [-0.2, -0.15) is 0 Å². The van der Waals surface area contributed by atoms with Crippen LogP contribution < -0.4 is 11.3 Å². The lowest BCUT2D eigenvalue weighted by atomic mass is 9.81. The Labute approximate surface area is 179 Å². The van der Waals surface area contributed by atoms with Gasteiger partial charge in [0.1, 0.15) is 5.82 Å². The molecule has 0 radical (unpaired) electrons. The second-order valence-electron chi connectivity index (χ2n) is 9.83. The number of hydrogen-bond donors (Lipinski definition) is 1. The molecule has 0 amide bonds. The molecule has 4 rings (SSSR count). The van der Waals surface area contributed by atoms with E-state index in [-0.39, 0.29) is 11.0 Å². The standard InChI is InChI=1S/C26H33N3O/c1-26(2,3)21-13-11-20(12-14-21)24-28-23-10-5-4-9-22(23)25(30)29(24)17-19-8-6-7-18(15-19)16-27/h4-5,9-14,18-19H,6-8,15-17,27H2,1-3H3. The maximum Gasteiger partial charge on any atom is 0.261 e. The van der Waals surface area contributed by atoms with Crippen LogP contribution in [0.2, 0.25) is 0 Å². The van der Waals surface area contributed by atoms with Crippen LogP contribution in [0.5, 0.6) is 0 Å². The summed E-state index contributed by atoms with van der Waals surface area (Å²) in [6, 6.07) is 16.2. The fourth-order valence-corrected chi connectivity index (χ4v) is 4.72. The van der Waals surface area contributed by atoms with E-state index in [2.05, 4.69) is 45.0 Å². The van der Waals surface area contributed by atoms with Crippen molar-refractivity contribution >= 4 is 10.9 Å². The number of benzene rings is 2. The minimum Gasteiger partial charge on any atom is -0.330 e. The molecule has 1 fully saturated rings. The molecular weight excluding hydrogens is 370 g/mol. The number of aromatic nitrogens is 2. The molecule has 2 aromatic carbocycles. The average Bonchev–Trinajstić information content (AvgIpc) is 2.75. The van der Waals surface area contributed by atoms with Crippen LogP contribution >= 0.6 is 0 Å². The van der Waals surface area contributed by atoms with Crippen molar-refractivity contribution in [3.8, 4) is 11.4 Å². The first kappa shape index (κ1) is 20.8. The van der Waals surface area contributed by atoms with Gasteiger partial charge in [-0.1, -0.05) is 63.6 Å². The molecule has 1 aliphatic rings. The first-order valence-corrected chi connectivity index (χ1v) is 11.2. The van der Waals surface area contributed by atoms with Gasteiger partial charge in [-0.25, -0.2) is 4.98 Å². The summed E-state index contributed by atoms with van der Waals surface area (Å²) in [5, 5.41) is 0.693. The predicted molar refractivity (Wildman–Crippen MR) is 125 cm³/mol. The van der Waals surface area contributed by atoms with Crippen molar-refractivity contribution in [2.75, 3.05) is 6.54 Å². The highest BCUT2D eigenvalue weighted by atomic mass is 16.1. The summed E-state index contributed by atoms with van der Waals surface area (Å²) < 4.78 is 1.91. The third kappa shape index (κ3) is 4.20. The lowest BCUT2D eigenvalue weighted by Crippen LogP contribution is -2.30. The second kappa shape index (κ2) is 8.35. The Kier molecular flexibility index (Phi) is 5.79. The van der Waals surface area contributed by atoms with Gasteiger partial charge in [-0.3, -0.25) is 9.36 Å². The molecule has 158 valence electrons. The summed E-state index contributed by atoms with van der Waals surface area (Å²) in [6.07, 6.45) is 4.65. The van der Waals surface area contributed by atoms with E-state index in [1.807, 2.05) is 28.8 Å². The van der Waals surface area contributed by atoms with E-state index in [0.29, 0.717) is 23.8 Å². The molecular formula is C26H33N3O. The average molecular weight is 404 g/mol. The number of fused-ring (bicyclic) bond motifs is 1. The minimum absolute atomic E-state index is 0.0605. The summed E-state index contributed by atoms with van der Waals surface area (Å²) >= 11 is 0. The molecule has 1 heterocycles. The molecule has 30 heavy (non-hydrogen) atoms. The molecule has 0 saturated heterocycles. The Morgan fingerprint density at radius 2 is 1.73 bits per heavy atom. The fraction of sp³-hybridized carbons (Fsp3) is 0.462. The lowest BCUT2D eigenvalue weighted by Gasteiger charge is -2.29. The Hall–Kier alpha value is -2.46. The number of hydrogen-bond acceptors (Lipinski definition) is 3. The monoisotopic (exact) mass is 403 g/mol. The molecule has 0 bridgehead atoms. The fourth-order valence-electron chi connectivity index (χ4n) is 4.72. The maximum absolute atomic E-state index is 13.5. The van der Waals surface area contributed by atoms with Gasteiger partial charge in [-0.15, -0.1) is 0 Å². The Balaban J connectivity index is 1.79. The van der Waals surface area contributed by atoms with Gasteiger partial charge in [0.2, 0.25) is 0 Å².